The number of benzene rings is 2. The average Bonchev–Trinajstić information content (AvgIpc) is 3.30. The normalized spacial score (nSPS) is 15.8. The molecule has 0 radical (unpaired) electrons. The second-order valence-electron chi connectivity index (χ2n) is 8.28. The van der Waals surface area contributed by atoms with Gasteiger partial charge in [0.15, 0.2) is 0 Å². The molecule has 1 amide bonds. The number of anilines is 2. The van der Waals surface area contributed by atoms with Gasteiger partial charge in [0.2, 0.25) is 15.9 Å². The number of amides is 1. The van der Waals surface area contributed by atoms with E-state index in [0.717, 1.165) is 24.1 Å². The van der Waals surface area contributed by atoms with Crippen LogP contribution in [0.3, 0.4) is 0 Å². The summed E-state index contributed by atoms with van der Waals surface area (Å²) < 4.78 is 26.8. The number of nitrogens with one attached hydrogen (secondary N) is 1. The van der Waals surface area contributed by atoms with E-state index in [9.17, 15) is 13.2 Å². The smallest absolute Gasteiger partial charge is 0.243 e. The molecule has 1 heterocycles. The summed E-state index contributed by atoms with van der Waals surface area (Å²) in [5.74, 6) is -0.137. The highest BCUT2D eigenvalue weighted by Gasteiger charge is 2.27. The fraction of sp³-hybridized carbons (Fsp3) is 0.435. The first-order valence-electron chi connectivity index (χ1n) is 10.6. The minimum Gasteiger partial charge on any atom is -0.378 e. The van der Waals surface area contributed by atoms with Gasteiger partial charge in [0.1, 0.15) is 0 Å². The number of likely N-dealkylation sites (N-methyl/N-ethyl adjacent to an activating group) is 1. The number of carbonyl (C=O) groups excluding carboxylic acids is 1. The third kappa shape index (κ3) is 5.64. The average molecular weight is 445 g/mol. The molecule has 0 bridgehead atoms. The topological polar surface area (TPSA) is 73.0 Å². The molecule has 2 aromatic carbocycles. The molecule has 7 nitrogen and oxygen atoms in total. The first-order chi connectivity index (χ1) is 14.7. The molecule has 1 saturated heterocycles. The molecule has 3 rings (SSSR count). The third-order valence-corrected chi connectivity index (χ3v) is 7.66. The van der Waals surface area contributed by atoms with E-state index >= 15 is 0 Å². The Labute approximate surface area is 185 Å². The number of hydrogen-bond donors (Lipinski definition) is 1. The highest BCUT2D eigenvalue weighted by molar-refractivity contribution is 7.89. The molecule has 168 valence electrons. The summed E-state index contributed by atoms with van der Waals surface area (Å²) >= 11 is 0. The summed E-state index contributed by atoms with van der Waals surface area (Å²) in [4.78, 5) is 17.0. The van der Waals surface area contributed by atoms with E-state index in [-0.39, 0.29) is 16.8 Å². The van der Waals surface area contributed by atoms with Crippen molar-refractivity contribution in [2.45, 2.75) is 37.2 Å². The van der Waals surface area contributed by atoms with Gasteiger partial charge in [-0.1, -0.05) is 12.1 Å². The highest BCUT2D eigenvalue weighted by atomic mass is 32.2. The Balaban J connectivity index is 1.58. The predicted molar refractivity (Wildman–Crippen MR) is 125 cm³/mol. The van der Waals surface area contributed by atoms with Crippen molar-refractivity contribution < 1.29 is 13.2 Å². The molecule has 0 spiro atoms. The number of carbonyl (C=O) groups is 1. The molecule has 0 saturated carbocycles. The quantitative estimate of drug-likeness (QED) is 0.678. The maximum Gasteiger partial charge on any atom is 0.243 e. The molecule has 2 aromatic rings. The van der Waals surface area contributed by atoms with Crippen molar-refractivity contribution in [3.8, 4) is 0 Å². The van der Waals surface area contributed by atoms with Gasteiger partial charge in [-0.3, -0.25) is 9.69 Å². The predicted octanol–water partition coefficient (Wildman–Crippen LogP) is 3.00. The fourth-order valence-electron chi connectivity index (χ4n) is 3.56. The van der Waals surface area contributed by atoms with E-state index in [1.165, 1.54) is 4.31 Å². The lowest BCUT2D eigenvalue weighted by Gasteiger charge is -2.24. The van der Waals surface area contributed by atoms with Gasteiger partial charge in [0.25, 0.3) is 0 Å². The Morgan fingerprint density at radius 2 is 1.58 bits per heavy atom. The van der Waals surface area contributed by atoms with Crippen molar-refractivity contribution in [1.29, 1.82) is 0 Å². The van der Waals surface area contributed by atoms with Gasteiger partial charge < -0.3 is 10.2 Å². The van der Waals surface area contributed by atoms with Gasteiger partial charge in [-0.2, -0.15) is 4.31 Å². The molecule has 0 unspecified atom stereocenters. The lowest BCUT2D eigenvalue weighted by molar-refractivity contribution is -0.120. The van der Waals surface area contributed by atoms with Crippen molar-refractivity contribution in [2.75, 3.05) is 44.4 Å². The van der Waals surface area contributed by atoms with Crippen LogP contribution in [0.1, 0.15) is 25.3 Å². The maximum atomic E-state index is 12.7. The minimum absolute atomic E-state index is 0.137. The van der Waals surface area contributed by atoms with E-state index in [1.807, 2.05) is 37.9 Å². The van der Waals surface area contributed by atoms with E-state index in [2.05, 4.69) is 29.6 Å². The van der Waals surface area contributed by atoms with Gasteiger partial charge in [-0.05, 0) is 68.8 Å². The van der Waals surface area contributed by atoms with Crippen LogP contribution in [0, 0.1) is 0 Å². The Kier molecular flexibility index (Phi) is 7.35. The number of rotatable bonds is 8. The number of hydrogen-bond acceptors (Lipinski definition) is 5. The van der Waals surface area contributed by atoms with Crippen LogP contribution in [0.25, 0.3) is 0 Å². The SMILES string of the molecule is C[C@H](C(=O)Nc1ccc(S(=O)(=O)N2CCCC2)cc1)N(C)Cc1ccc(N(C)C)cc1. The second-order valence-corrected chi connectivity index (χ2v) is 10.2. The molecule has 0 aromatic heterocycles. The van der Waals surface area contributed by atoms with E-state index < -0.39 is 10.0 Å². The van der Waals surface area contributed by atoms with Crippen LogP contribution in [0.5, 0.6) is 0 Å². The van der Waals surface area contributed by atoms with Crippen molar-refractivity contribution >= 4 is 27.3 Å². The molecule has 1 N–H and O–H groups in total. The first-order valence-corrected chi connectivity index (χ1v) is 12.0. The van der Waals surface area contributed by atoms with Crippen LogP contribution in [0.2, 0.25) is 0 Å². The third-order valence-electron chi connectivity index (χ3n) is 5.75. The zero-order chi connectivity index (χ0) is 22.6. The summed E-state index contributed by atoms with van der Waals surface area (Å²) in [6.45, 7) is 3.65. The molecular formula is C23H32N4O3S. The van der Waals surface area contributed by atoms with Crippen LogP contribution < -0.4 is 10.2 Å². The molecule has 8 heteroatoms. The molecule has 1 fully saturated rings. The first kappa shape index (κ1) is 23.2. The van der Waals surface area contributed by atoms with Crippen LogP contribution in [-0.2, 0) is 21.4 Å². The number of nitrogens with zero attached hydrogens (tertiary/aromatic N) is 3. The van der Waals surface area contributed by atoms with Gasteiger partial charge in [-0.15, -0.1) is 0 Å². The highest BCUT2D eigenvalue weighted by Crippen LogP contribution is 2.22. The van der Waals surface area contributed by atoms with Gasteiger partial charge in [0.05, 0.1) is 10.9 Å². The van der Waals surface area contributed by atoms with Crippen molar-refractivity contribution in [1.82, 2.24) is 9.21 Å². The summed E-state index contributed by atoms with van der Waals surface area (Å²) in [5.41, 5.74) is 2.84. The number of sulfonamides is 1. The Hall–Kier alpha value is -2.42. The van der Waals surface area contributed by atoms with Crippen molar-refractivity contribution in [3.63, 3.8) is 0 Å². The zero-order valence-corrected chi connectivity index (χ0v) is 19.5. The van der Waals surface area contributed by atoms with Crippen molar-refractivity contribution in [3.05, 3.63) is 54.1 Å². The molecule has 0 aliphatic carbocycles. The Morgan fingerprint density at radius 1 is 1.00 bits per heavy atom. The van der Waals surface area contributed by atoms with Crippen LogP contribution >= 0.6 is 0 Å². The van der Waals surface area contributed by atoms with Crippen molar-refractivity contribution in [2.24, 2.45) is 0 Å². The monoisotopic (exact) mass is 444 g/mol. The molecule has 1 atom stereocenters. The zero-order valence-electron chi connectivity index (χ0n) is 18.7. The van der Waals surface area contributed by atoms with E-state index in [4.69, 9.17) is 0 Å². The molecule has 1 aliphatic heterocycles. The molecular weight excluding hydrogens is 412 g/mol. The largest absolute Gasteiger partial charge is 0.378 e. The maximum absolute atomic E-state index is 12.7. The minimum atomic E-state index is -3.45. The summed E-state index contributed by atoms with van der Waals surface area (Å²) in [7, 11) is 2.47. The Bertz CT molecular complexity index is 982. The molecule has 31 heavy (non-hydrogen) atoms. The van der Waals surface area contributed by atoms with Crippen LogP contribution in [0.15, 0.2) is 53.4 Å². The van der Waals surface area contributed by atoms with Gasteiger partial charge >= 0.3 is 0 Å². The summed E-state index contributed by atoms with van der Waals surface area (Å²) in [6, 6.07) is 14.3. The summed E-state index contributed by atoms with van der Waals surface area (Å²) in [5, 5.41) is 2.88. The Morgan fingerprint density at radius 3 is 2.13 bits per heavy atom. The summed E-state index contributed by atoms with van der Waals surface area (Å²) in [6.07, 6.45) is 1.80. The molecule has 1 aliphatic rings. The van der Waals surface area contributed by atoms with Gasteiger partial charge in [-0.25, -0.2) is 8.42 Å². The lowest BCUT2D eigenvalue weighted by Crippen LogP contribution is -2.39. The van der Waals surface area contributed by atoms with E-state index in [1.54, 1.807) is 24.3 Å². The second kappa shape index (κ2) is 9.80. The fourth-order valence-corrected chi connectivity index (χ4v) is 5.08. The lowest BCUT2D eigenvalue weighted by atomic mass is 10.1. The standard InChI is InChI=1S/C23H32N4O3S/c1-18(26(4)17-19-7-11-21(12-8-19)25(2)3)23(28)24-20-9-13-22(14-10-20)31(29,30)27-15-5-6-16-27/h7-14,18H,5-6,15-17H2,1-4H3,(H,24,28)/t18-/m1/s1. The van der Waals surface area contributed by atoms with E-state index in [0.29, 0.717) is 25.3 Å². The van der Waals surface area contributed by atoms with Crippen LogP contribution in [-0.4, -0.2) is 63.8 Å². The van der Waals surface area contributed by atoms with Crippen LogP contribution in [0.4, 0.5) is 11.4 Å². The van der Waals surface area contributed by atoms with Gasteiger partial charge in [0, 0.05) is 45.1 Å².